The first kappa shape index (κ1) is 14.6. The lowest BCUT2D eigenvalue weighted by molar-refractivity contribution is 0.585. The van der Waals surface area contributed by atoms with Gasteiger partial charge in [-0.2, -0.15) is 0 Å². The Morgan fingerprint density at radius 1 is 1.16 bits per heavy atom. The number of rotatable bonds is 3. The number of halogens is 2. The molecule has 0 aliphatic rings. The van der Waals surface area contributed by atoms with Crippen LogP contribution < -0.4 is 5.32 Å². The van der Waals surface area contributed by atoms with E-state index in [1.165, 1.54) is 4.88 Å². The SMILES string of the molecule is CC(C)(C)c1ncc(CNc2cc(Cl)cc(Cl)c2)s1. The lowest BCUT2D eigenvalue weighted by Crippen LogP contribution is -2.09. The number of nitrogens with one attached hydrogen (secondary N) is 1. The number of benzene rings is 1. The summed E-state index contributed by atoms with van der Waals surface area (Å²) in [5.74, 6) is 0. The van der Waals surface area contributed by atoms with Gasteiger partial charge in [0.05, 0.1) is 11.6 Å². The lowest BCUT2D eigenvalue weighted by Gasteiger charge is -2.13. The Balaban J connectivity index is 2.04. The van der Waals surface area contributed by atoms with Crippen LogP contribution in [0.4, 0.5) is 5.69 Å². The van der Waals surface area contributed by atoms with E-state index in [1.807, 2.05) is 18.3 Å². The van der Waals surface area contributed by atoms with Crippen molar-refractivity contribution in [3.63, 3.8) is 0 Å². The van der Waals surface area contributed by atoms with Crippen LogP contribution in [0.5, 0.6) is 0 Å². The number of hydrogen-bond acceptors (Lipinski definition) is 3. The first-order chi connectivity index (χ1) is 8.84. The van der Waals surface area contributed by atoms with Gasteiger partial charge >= 0.3 is 0 Å². The lowest BCUT2D eigenvalue weighted by atomic mass is 9.98. The molecule has 0 radical (unpaired) electrons. The van der Waals surface area contributed by atoms with Crippen molar-refractivity contribution in [1.82, 2.24) is 4.98 Å². The van der Waals surface area contributed by atoms with Crippen molar-refractivity contribution in [2.45, 2.75) is 32.7 Å². The van der Waals surface area contributed by atoms with Gasteiger partial charge in [-0.15, -0.1) is 11.3 Å². The Morgan fingerprint density at radius 2 is 1.79 bits per heavy atom. The molecule has 2 nitrogen and oxygen atoms in total. The topological polar surface area (TPSA) is 24.9 Å². The molecule has 0 bridgehead atoms. The minimum Gasteiger partial charge on any atom is -0.380 e. The molecule has 0 aliphatic heterocycles. The Hall–Kier alpha value is -0.770. The molecule has 0 amide bonds. The third-order valence-corrected chi connectivity index (χ3v) is 4.38. The van der Waals surface area contributed by atoms with Crippen molar-refractivity contribution in [2.75, 3.05) is 5.32 Å². The van der Waals surface area contributed by atoms with Gasteiger partial charge in [-0.1, -0.05) is 44.0 Å². The summed E-state index contributed by atoms with van der Waals surface area (Å²) in [6.45, 7) is 7.23. The van der Waals surface area contributed by atoms with Crippen LogP contribution in [-0.4, -0.2) is 4.98 Å². The second-order valence-electron chi connectivity index (χ2n) is 5.39. The molecule has 2 rings (SSSR count). The van der Waals surface area contributed by atoms with Crippen LogP contribution in [0.3, 0.4) is 0 Å². The highest BCUT2D eigenvalue weighted by molar-refractivity contribution is 7.11. The molecule has 5 heteroatoms. The quantitative estimate of drug-likeness (QED) is 0.825. The molecular weight excluding hydrogens is 299 g/mol. The van der Waals surface area contributed by atoms with E-state index in [0.717, 1.165) is 17.2 Å². The van der Waals surface area contributed by atoms with Crippen LogP contribution in [0.25, 0.3) is 0 Å². The normalized spacial score (nSPS) is 11.6. The molecule has 1 heterocycles. The van der Waals surface area contributed by atoms with Gasteiger partial charge in [0.25, 0.3) is 0 Å². The van der Waals surface area contributed by atoms with Crippen LogP contribution in [0.15, 0.2) is 24.4 Å². The zero-order valence-electron chi connectivity index (χ0n) is 11.1. The smallest absolute Gasteiger partial charge is 0.0981 e. The van der Waals surface area contributed by atoms with Gasteiger partial charge in [0.15, 0.2) is 0 Å². The molecule has 19 heavy (non-hydrogen) atoms. The maximum Gasteiger partial charge on any atom is 0.0981 e. The van der Waals surface area contributed by atoms with Gasteiger partial charge in [-0.25, -0.2) is 4.98 Å². The zero-order chi connectivity index (χ0) is 14.0. The monoisotopic (exact) mass is 314 g/mol. The fourth-order valence-corrected chi connectivity index (χ4v) is 3.02. The number of thiazole rings is 1. The fraction of sp³-hybridized carbons (Fsp3) is 0.357. The average molecular weight is 315 g/mol. The molecule has 0 saturated heterocycles. The summed E-state index contributed by atoms with van der Waals surface area (Å²) in [5.41, 5.74) is 1.02. The molecule has 0 unspecified atom stereocenters. The molecule has 0 aliphatic carbocycles. The molecule has 1 aromatic carbocycles. The average Bonchev–Trinajstić information content (AvgIpc) is 2.73. The molecule has 0 spiro atoms. The fourth-order valence-electron chi connectivity index (χ4n) is 1.58. The second kappa shape index (κ2) is 5.70. The van der Waals surface area contributed by atoms with E-state index in [4.69, 9.17) is 23.2 Å². The molecule has 1 N–H and O–H groups in total. The third kappa shape index (κ3) is 4.10. The summed E-state index contributed by atoms with van der Waals surface area (Å²) in [7, 11) is 0. The molecule has 2 aromatic rings. The van der Waals surface area contributed by atoms with E-state index in [9.17, 15) is 0 Å². The highest BCUT2D eigenvalue weighted by Gasteiger charge is 2.17. The third-order valence-electron chi connectivity index (χ3n) is 2.52. The van der Waals surface area contributed by atoms with Gasteiger partial charge < -0.3 is 5.32 Å². The van der Waals surface area contributed by atoms with E-state index in [2.05, 4.69) is 31.1 Å². The minimum absolute atomic E-state index is 0.0995. The molecule has 0 atom stereocenters. The summed E-state index contributed by atoms with van der Waals surface area (Å²) in [4.78, 5) is 5.66. The van der Waals surface area contributed by atoms with Crippen LogP contribution in [0, 0.1) is 0 Å². The predicted octanol–water partition coefficient (Wildman–Crippen LogP) is 5.36. The van der Waals surface area contributed by atoms with E-state index < -0.39 is 0 Å². The maximum atomic E-state index is 5.96. The Kier molecular flexibility index (Phi) is 4.39. The van der Waals surface area contributed by atoms with Crippen molar-refractivity contribution >= 4 is 40.2 Å². The molecule has 0 saturated carbocycles. The second-order valence-corrected chi connectivity index (χ2v) is 7.38. The van der Waals surface area contributed by atoms with Crippen molar-refractivity contribution in [3.05, 3.63) is 44.3 Å². The van der Waals surface area contributed by atoms with Crippen LogP contribution in [-0.2, 0) is 12.0 Å². The standard InChI is InChI=1S/C14H16Cl2N2S/c1-14(2,3)13-18-8-12(19-13)7-17-11-5-9(15)4-10(16)6-11/h4-6,8,17H,7H2,1-3H3. The van der Waals surface area contributed by atoms with Crippen molar-refractivity contribution in [2.24, 2.45) is 0 Å². The van der Waals surface area contributed by atoms with Crippen LogP contribution in [0.1, 0.15) is 30.7 Å². The molecular formula is C14H16Cl2N2S. The first-order valence-electron chi connectivity index (χ1n) is 6.00. The number of hydrogen-bond donors (Lipinski definition) is 1. The Bertz CT molecular complexity index is 553. The number of anilines is 1. The highest BCUT2D eigenvalue weighted by Crippen LogP contribution is 2.28. The summed E-state index contributed by atoms with van der Waals surface area (Å²) in [6.07, 6.45) is 1.92. The van der Waals surface area contributed by atoms with E-state index in [-0.39, 0.29) is 5.41 Å². The summed E-state index contributed by atoms with van der Waals surface area (Å²) in [6, 6.07) is 5.44. The van der Waals surface area contributed by atoms with Gasteiger partial charge in [0, 0.05) is 32.2 Å². The van der Waals surface area contributed by atoms with Gasteiger partial charge in [0.1, 0.15) is 0 Å². The molecule has 1 aromatic heterocycles. The van der Waals surface area contributed by atoms with Crippen molar-refractivity contribution in [3.8, 4) is 0 Å². The van der Waals surface area contributed by atoms with Crippen LogP contribution >= 0.6 is 34.5 Å². The largest absolute Gasteiger partial charge is 0.380 e. The van der Waals surface area contributed by atoms with E-state index in [1.54, 1.807) is 17.4 Å². The maximum absolute atomic E-state index is 5.96. The van der Waals surface area contributed by atoms with Crippen molar-refractivity contribution < 1.29 is 0 Å². The number of nitrogens with zero attached hydrogens (tertiary/aromatic N) is 1. The molecule has 0 fully saturated rings. The summed E-state index contributed by atoms with van der Waals surface area (Å²) in [5, 5.41) is 5.72. The van der Waals surface area contributed by atoms with Gasteiger partial charge in [-0.05, 0) is 18.2 Å². The van der Waals surface area contributed by atoms with E-state index >= 15 is 0 Å². The minimum atomic E-state index is 0.0995. The zero-order valence-corrected chi connectivity index (χ0v) is 13.5. The van der Waals surface area contributed by atoms with E-state index in [0.29, 0.717) is 10.0 Å². The van der Waals surface area contributed by atoms with Crippen molar-refractivity contribution in [1.29, 1.82) is 0 Å². The van der Waals surface area contributed by atoms with Gasteiger partial charge in [-0.3, -0.25) is 0 Å². The Labute approximate surface area is 127 Å². The Morgan fingerprint density at radius 3 is 2.32 bits per heavy atom. The summed E-state index contributed by atoms with van der Waals surface area (Å²) >= 11 is 13.7. The highest BCUT2D eigenvalue weighted by atomic mass is 35.5. The molecule has 102 valence electrons. The number of aromatic nitrogens is 1. The van der Waals surface area contributed by atoms with Gasteiger partial charge in [0.2, 0.25) is 0 Å². The predicted molar refractivity (Wildman–Crippen MR) is 84.6 cm³/mol. The van der Waals surface area contributed by atoms with Crippen LogP contribution in [0.2, 0.25) is 10.0 Å². The first-order valence-corrected chi connectivity index (χ1v) is 7.57. The summed E-state index contributed by atoms with van der Waals surface area (Å²) < 4.78 is 0.